The van der Waals surface area contributed by atoms with Crippen LogP contribution in [0.15, 0.2) is 40.9 Å². The molecule has 6 nitrogen and oxygen atoms in total. The number of carbonyl (C=O) groups is 2. The Morgan fingerprint density at radius 2 is 2.07 bits per heavy atom. The van der Waals surface area contributed by atoms with Crippen LogP contribution in [-0.4, -0.2) is 38.1 Å². The highest BCUT2D eigenvalue weighted by Crippen LogP contribution is 2.34. The summed E-state index contributed by atoms with van der Waals surface area (Å²) in [5, 5.41) is 2.92. The number of ether oxygens (including phenoxy) is 1. The zero-order valence-electron chi connectivity index (χ0n) is 15.0. The molecule has 2 heterocycles. The third-order valence-electron chi connectivity index (χ3n) is 4.91. The minimum absolute atomic E-state index is 0.0502. The minimum atomic E-state index is -0.236. The van der Waals surface area contributed by atoms with Crippen LogP contribution in [0.3, 0.4) is 0 Å². The molecule has 0 saturated heterocycles. The van der Waals surface area contributed by atoms with Gasteiger partial charge >= 0.3 is 0 Å². The predicted molar refractivity (Wildman–Crippen MR) is 109 cm³/mol. The summed E-state index contributed by atoms with van der Waals surface area (Å²) in [4.78, 5) is 28.6. The number of hydrogen-bond acceptors (Lipinski definition) is 4. The summed E-state index contributed by atoms with van der Waals surface area (Å²) in [6.45, 7) is 3.96. The Balaban J connectivity index is 1.50. The van der Waals surface area contributed by atoms with E-state index in [1.165, 1.54) is 16.2 Å². The van der Waals surface area contributed by atoms with Gasteiger partial charge in [0.15, 0.2) is 6.61 Å². The van der Waals surface area contributed by atoms with Gasteiger partial charge in [0.1, 0.15) is 12.3 Å². The number of anilines is 3. The highest BCUT2D eigenvalue weighted by Gasteiger charge is 2.27. The van der Waals surface area contributed by atoms with Crippen molar-refractivity contribution >= 4 is 44.8 Å². The maximum absolute atomic E-state index is 12.6. The maximum Gasteiger partial charge on any atom is 0.265 e. The van der Waals surface area contributed by atoms with Gasteiger partial charge in [-0.05, 0) is 49.2 Å². The summed E-state index contributed by atoms with van der Waals surface area (Å²) in [6.07, 6.45) is 1.03. The molecular formula is C20H20BrN3O3. The fraction of sp³-hybridized carbons (Fsp3) is 0.300. The molecule has 2 aliphatic heterocycles. The number of hydrogen-bond donors (Lipinski definition) is 1. The van der Waals surface area contributed by atoms with Gasteiger partial charge in [0.2, 0.25) is 5.91 Å². The molecule has 1 N–H and O–H groups in total. The molecule has 0 aromatic heterocycles. The van der Waals surface area contributed by atoms with Crippen LogP contribution in [0.2, 0.25) is 0 Å². The van der Waals surface area contributed by atoms with E-state index in [1.54, 1.807) is 12.1 Å². The first-order valence-corrected chi connectivity index (χ1v) is 9.75. The first-order chi connectivity index (χ1) is 13.0. The van der Waals surface area contributed by atoms with Gasteiger partial charge in [0, 0.05) is 28.9 Å². The number of fused-ring (bicyclic) bond motifs is 2. The molecule has 2 aliphatic rings. The van der Waals surface area contributed by atoms with Gasteiger partial charge in [-0.1, -0.05) is 22.0 Å². The van der Waals surface area contributed by atoms with Gasteiger partial charge in [-0.2, -0.15) is 0 Å². The highest BCUT2D eigenvalue weighted by molar-refractivity contribution is 9.10. The number of likely N-dealkylation sites (N-methyl/N-ethyl adjacent to an activating group) is 1. The van der Waals surface area contributed by atoms with Crippen molar-refractivity contribution in [2.45, 2.75) is 13.3 Å². The number of rotatable bonds is 4. The van der Waals surface area contributed by atoms with Gasteiger partial charge in [-0.25, -0.2) is 0 Å². The smallest absolute Gasteiger partial charge is 0.265 e. The lowest BCUT2D eigenvalue weighted by Gasteiger charge is -2.29. The van der Waals surface area contributed by atoms with E-state index in [4.69, 9.17) is 4.74 Å². The molecule has 0 fully saturated rings. The molecule has 27 heavy (non-hydrogen) atoms. The number of benzene rings is 2. The molecular weight excluding hydrogens is 410 g/mol. The number of amides is 2. The fourth-order valence-electron chi connectivity index (χ4n) is 3.55. The average molecular weight is 430 g/mol. The van der Waals surface area contributed by atoms with Crippen LogP contribution in [-0.2, 0) is 16.0 Å². The quantitative estimate of drug-likeness (QED) is 0.810. The summed E-state index contributed by atoms with van der Waals surface area (Å²) < 4.78 is 6.32. The summed E-state index contributed by atoms with van der Waals surface area (Å²) in [6, 6.07) is 11.4. The Morgan fingerprint density at radius 1 is 1.22 bits per heavy atom. The van der Waals surface area contributed by atoms with Crippen molar-refractivity contribution in [2.24, 2.45) is 0 Å². The summed E-state index contributed by atoms with van der Waals surface area (Å²) in [5.74, 6) is 0.124. The first kappa shape index (κ1) is 17.9. The van der Waals surface area contributed by atoms with Gasteiger partial charge in [-0.15, -0.1) is 0 Å². The van der Waals surface area contributed by atoms with E-state index in [1.807, 2.05) is 18.2 Å². The van der Waals surface area contributed by atoms with E-state index in [-0.39, 0.29) is 25.0 Å². The topological polar surface area (TPSA) is 61.9 Å². The molecule has 0 radical (unpaired) electrons. The molecule has 0 atom stereocenters. The van der Waals surface area contributed by atoms with Crippen LogP contribution in [0.1, 0.15) is 12.5 Å². The fourth-order valence-corrected chi connectivity index (χ4v) is 3.89. The second kappa shape index (κ2) is 7.23. The predicted octanol–water partition coefficient (Wildman–Crippen LogP) is 3.20. The van der Waals surface area contributed by atoms with Crippen LogP contribution in [0.5, 0.6) is 5.75 Å². The zero-order chi connectivity index (χ0) is 19.0. The Kier molecular flexibility index (Phi) is 4.78. The van der Waals surface area contributed by atoms with E-state index in [0.29, 0.717) is 11.4 Å². The molecule has 0 bridgehead atoms. The molecule has 0 spiro atoms. The van der Waals surface area contributed by atoms with E-state index in [2.05, 4.69) is 39.1 Å². The summed E-state index contributed by atoms with van der Waals surface area (Å²) in [7, 11) is 0. The number of carbonyl (C=O) groups excluding carboxylic acids is 2. The lowest BCUT2D eigenvalue weighted by molar-refractivity contribution is -0.123. The standard InChI is InChI=1S/C20H20BrN3O3/c1-2-23-8-7-13-3-5-15(10-17(13)23)22-19(25)11-24-16-6-4-14(21)9-18(16)27-12-20(24)26/h3-6,9-10H,2,7-8,11-12H2,1H3,(H,22,25). The molecule has 7 heteroatoms. The van der Waals surface area contributed by atoms with Gasteiger partial charge in [0.05, 0.1) is 5.69 Å². The summed E-state index contributed by atoms with van der Waals surface area (Å²) >= 11 is 3.39. The van der Waals surface area contributed by atoms with Crippen LogP contribution in [0.25, 0.3) is 0 Å². The second-order valence-electron chi connectivity index (χ2n) is 6.60. The zero-order valence-corrected chi connectivity index (χ0v) is 16.6. The van der Waals surface area contributed by atoms with Crippen molar-refractivity contribution in [2.75, 3.05) is 41.4 Å². The SMILES string of the molecule is CCN1CCc2ccc(NC(=O)CN3C(=O)COc4cc(Br)ccc43)cc21. The average Bonchev–Trinajstić information content (AvgIpc) is 3.06. The maximum atomic E-state index is 12.6. The number of nitrogens with zero attached hydrogens (tertiary/aromatic N) is 2. The van der Waals surface area contributed by atoms with E-state index in [9.17, 15) is 9.59 Å². The Bertz CT molecular complexity index is 915. The molecule has 2 amide bonds. The van der Waals surface area contributed by atoms with Crippen molar-refractivity contribution in [1.29, 1.82) is 0 Å². The first-order valence-electron chi connectivity index (χ1n) is 8.95. The Labute approximate surface area is 166 Å². The normalized spacial score (nSPS) is 15.3. The number of halogens is 1. The minimum Gasteiger partial charge on any atom is -0.482 e. The van der Waals surface area contributed by atoms with Crippen LogP contribution < -0.4 is 19.9 Å². The molecule has 0 saturated carbocycles. The van der Waals surface area contributed by atoms with Crippen molar-refractivity contribution < 1.29 is 14.3 Å². The van der Waals surface area contributed by atoms with Gasteiger partial charge in [0.25, 0.3) is 5.91 Å². The van der Waals surface area contributed by atoms with Gasteiger partial charge < -0.3 is 15.0 Å². The van der Waals surface area contributed by atoms with Crippen LogP contribution >= 0.6 is 15.9 Å². The molecule has 0 unspecified atom stereocenters. The lowest BCUT2D eigenvalue weighted by Crippen LogP contribution is -2.43. The van der Waals surface area contributed by atoms with E-state index in [0.717, 1.165) is 29.7 Å². The third-order valence-corrected chi connectivity index (χ3v) is 5.40. The monoisotopic (exact) mass is 429 g/mol. The molecule has 0 aliphatic carbocycles. The van der Waals surface area contributed by atoms with Crippen molar-refractivity contribution in [1.82, 2.24) is 0 Å². The van der Waals surface area contributed by atoms with E-state index < -0.39 is 0 Å². The van der Waals surface area contributed by atoms with E-state index >= 15 is 0 Å². The van der Waals surface area contributed by atoms with Crippen molar-refractivity contribution in [3.63, 3.8) is 0 Å². The third kappa shape index (κ3) is 3.51. The number of nitrogens with one attached hydrogen (secondary N) is 1. The molecule has 2 aromatic carbocycles. The highest BCUT2D eigenvalue weighted by atomic mass is 79.9. The largest absolute Gasteiger partial charge is 0.482 e. The Hall–Kier alpha value is -2.54. The van der Waals surface area contributed by atoms with Crippen LogP contribution in [0.4, 0.5) is 17.1 Å². The van der Waals surface area contributed by atoms with Gasteiger partial charge in [-0.3, -0.25) is 14.5 Å². The van der Waals surface area contributed by atoms with Crippen molar-refractivity contribution in [3.8, 4) is 5.75 Å². The Morgan fingerprint density at radius 3 is 2.89 bits per heavy atom. The molecule has 2 aromatic rings. The lowest BCUT2D eigenvalue weighted by atomic mass is 10.1. The summed E-state index contributed by atoms with van der Waals surface area (Å²) in [5.41, 5.74) is 3.83. The van der Waals surface area contributed by atoms with Crippen molar-refractivity contribution in [3.05, 3.63) is 46.4 Å². The molecule has 4 rings (SSSR count). The van der Waals surface area contributed by atoms with Crippen LogP contribution in [0, 0.1) is 0 Å². The second-order valence-corrected chi connectivity index (χ2v) is 7.52. The molecule has 140 valence electrons.